The molecule has 1 aliphatic rings. The molecule has 1 aliphatic heterocycles. The Morgan fingerprint density at radius 2 is 2.21 bits per heavy atom. The molecule has 3 N–H and O–H groups in total. The fourth-order valence-electron chi connectivity index (χ4n) is 2.70. The van der Waals surface area contributed by atoms with E-state index < -0.39 is 0 Å². The number of H-pyrrole nitrogens is 1. The molecule has 0 saturated carbocycles. The van der Waals surface area contributed by atoms with E-state index in [9.17, 15) is 0 Å². The Labute approximate surface area is 113 Å². The number of nitrogens with two attached hydrogens (primary N) is 1. The Balaban J connectivity index is 1.85. The molecule has 0 spiro atoms. The highest BCUT2D eigenvalue weighted by Gasteiger charge is 2.19. The first kappa shape index (κ1) is 12.2. The average molecular weight is 256 g/mol. The van der Waals surface area contributed by atoms with Gasteiger partial charge >= 0.3 is 0 Å². The maximum atomic E-state index is 6.02. The van der Waals surface area contributed by atoms with Gasteiger partial charge in [0.15, 0.2) is 5.82 Å². The lowest BCUT2D eigenvalue weighted by Crippen LogP contribution is -2.43. The van der Waals surface area contributed by atoms with Gasteiger partial charge in [-0.2, -0.15) is 5.10 Å². The third-order valence-electron chi connectivity index (χ3n) is 3.78. The molecule has 1 aromatic carbocycles. The van der Waals surface area contributed by atoms with E-state index >= 15 is 0 Å². The number of hydrogen-bond acceptors (Lipinski definition) is 3. The van der Waals surface area contributed by atoms with Crippen LogP contribution < -0.4 is 10.6 Å². The molecule has 100 valence electrons. The number of nitrogens with zero attached hydrogens (tertiary/aromatic N) is 2. The molecule has 0 aliphatic carbocycles. The first-order valence-corrected chi connectivity index (χ1v) is 6.86. The Bertz CT molecular complexity index is 561. The molecule has 4 heteroatoms. The summed E-state index contributed by atoms with van der Waals surface area (Å²) in [6.07, 6.45) is 2.26. The minimum Gasteiger partial charge on any atom is -0.354 e. The van der Waals surface area contributed by atoms with Crippen molar-refractivity contribution in [3.8, 4) is 11.3 Å². The molecule has 19 heavy (non-hydrogen) atoms. The molecule has 1 atom stereocenters. The van der Waals surface area contributed by atoms with E-state index in [1.807, 2.05) is 0 Å². The van der Waals surface area contributed by atoms with Gasteiger partial charge in [-0.1, -0.05) is 24.3 Å². The Morgan fingerprint density at radius 1 is 1.37 bits per heavy atom. The van der Waals surface area contributed by atoms with Gasteiger partial charge in [-0.05, 0) is 25.3 Å². The summed E-state index contributed by atoms with van der Waals surface area (Å²) in [4.78, 5) is 2.27. The molecule has 2 aromatic rings. The third kappa shape index (κ3) is 2.49. The van der Waals surface area contributed by atoms with Crippen molar-refractivity contribution < 1.29 is 0 Å². The second-order valence-electron chi connectivity index (χ2n) is 5.30. The summed E-state index contributed by atoms with van der Waals surface area (Å²) < 4.78 is 0. The highest BCUT2D eigenvalue weighted by molar-refractivity contribution is 5.66. The van der Waals surface area contributed by atoms with Gasteiger partial charge in [0.2, 0.25) is 0 Å². The quantitative estimate of drug-likeness (QED) is 0.867. The van der Waals surface area contributed by atoms with Crippen molar-refractivity contribution in [1.29, 1.82) is 0 Å². The summed E-state index contributed by atoms with van der Waals surface area (Å²) in [6.45, 7) is 4.07. The van der Waals surface area contributed by atoms with E-state index in [1.165, 1.54) is 11.1 Å². The number of benzene rings is 1. The molecular weight excluding hydrogens is 236 g/mol. The number of piperidine rings is 1. The maximum Gasteiger partial charge on any atom is 0.151 e. The summed E-state index contributed by atoms with van der Waals surface area (Å²) >= 11 is 0. The molecule has 1 saturated heterocycles. The van der Waals surface area contributed by atoms with Crippen molar-refractivity contribution in [1.82, 2.24) is 10.2 Å². The topological polar surface area (TPSA) is 57.9 Å². The van der Waals surface area contributed by atoms with Gasteiger partial charge in [-0.15, -0.1) is 0 Å². The second kappa shape index (κ2) is 5.05. The van der Waals surface area contributed by atoms with Gasteiger partial charge in [-0.25, -0.2) is 0 Å². The monoisotopic (exact) mass is 256 g/mol. The van der Waals surface area contributed by atoms with Gasteiger partial charge in [0.25, 0.3) is 0 Å². The third-order valence-corrected chi connectivity index (χ3v) is 3.78. The molecule has 0 amide bonds. The van der Waals surface area contributed by atoms with E-state index in [1.54, 1.807) is 0 Å². The molecule has 1 fully saturated rings. The van der Waals surface area contributed by atoms with Crippen LogP contribution in [0, 0.1) is 6.92 Å². The number of hydrogen-bond donors (Lipinski definition) is 2. The van der Waals surface area contributed by atoms with E-state index in [0.717, 1.165) is 37.4 Å². The van der Waals surface area contributed by atoms with Crippen LogP contribution in [0.5, 0.6) is 0 Å². The van der Waals surface area contributed by atoms with Crippen LogP contribution in [0.4, 0.5) is 5.82 Å². The second-order valence-corrected chi connectivity index (χ2v) is 5.30. The highest BCUT2D eigenvalue weighted by atomic mass is 15.3. The van der Waals surface area contributed by atoms with Crippen LogP contribution in [0.25, 0.3) is 11.3 Å². The predicted molar refractivity (Wildman–Crippen MR) is 78.2 cm³/mol. The molecule has 1 unspecified atom stereocenters. The molecule has 4 nitrogen and oxygen atoms in total. The number of rotatable bonds is 2. The lowest BCUT2D eigenvalue weighted by Gasteiger charge is -2.30. The van der Waals surface area contributed by atoms with E-state index in [2.05, 4.69) is 52.4 Å². The van der Waals surface area contributed by atoms with Gasteiger partial charge < -0.3 is 10.6 Å². The zero-order valence-corrected chi connectivity index (χ0v) is 11.3. The standard InChI is InChI=1S/C15H20N4/c1-11-5-2-3-7-13(11)14-9-15(18-17-14)19-8-4-6-12(16)10-19/h2-3,5,7,9,12H,4,6,8,10,16H2,1H3,(H,17,18). The van der Waals surface area contributed by atoms with Crippen LogP contribution in [-0.4, -0.2) is 29.3 Å². The van der Waals surface area contributed by atoms with E-state index in [-0.39, 0.29) is 6.04 Å². The van der Waals surface area contributed by atoms with Crippen LogP contribution in [0.2, 0.25) is 0 Å². The summed E-state index contributed by atoms with van der Waals surface area (Å²) in [5.41, 5.74) is 9.57. The Morgan fingerprint density at radius 3 is 3.00 bits per heavy atom. The van der Waals surface area contributed by atoms with Gasteiger partial charge in [0, 0.05) is 30.8 Å². The van der Waals surface area contributed by atoms with E-state index in [0.29, 0.717) is 0 Å². The fraction of sp³-hybridized carbons (Fsp3) is 0.400. The van der Waals surface area contributed by atoms with Crippen molar-refractivity contribution in [3.63, 3.8) is 0 Å². The van der Waals surface area contributed by atoms with Crippen molar-refractivity contribution in [2.75, 3.05) is 18.0 Å². The number of anilines is 1. The summed E-state index contributed by atoms with van der Waals surface area (Å²) in [5, 5.41) is 7.58. The molecular formula is C15H20N4. The van der Waals surface area contributed by atoms with Crippen molar-refractivity contribution in [2.24, 2.45) is 5.73 Å². The number of aromatic amines is 1. The number of nitrogens with one attached hydrogen (secondary N) is 1. The summed E-state index contributed by atoms with van der Waals surface area (Å²) in [5.74, 6) is 1.01. The Hall–Kier alpha value is -1.81. The van der Waals surface area contributed by atoms with Gasteiger partial charge in [0.05, 0.1) is 5.69 Å². The van der Waals surface area contributed by atoms with Crippen molar-refractivity contribution in [3.05, 3.63) is 35.9 Å². The molecule has 2 heterocycles. The van der Waals surface area contributed by atoms with Crippen LogP contribution in [0.3, 0.4) is 0 Å². The Kier molecular flexibility index (Phi) is 3.25. The number of aryl methyl sites for hydroxylation is 1. The van der Waals surface area contributed by atoms with Crippen molar-refractivity contribution >= 4 is 5.82 Å². The zero-order chi connectivity index (χ0) is 13.2. The average Bonchev–Trinajstić information content (AvgIpc) is 2.89. The summed E-state index contributed by atoms with van der Waals surface area (Å²) in [7, 11) is 0. The highest BCUT2D eigenvalue weighted by Crippen LogP contribution is 2.25. The lowest BCUT2D eigenvalue weighted by atomic mass is 10.1. The summed E-state index contributed by atoms with van der Waals surface area (Å²) in [6, 6.07) is 10.7. The zero-order valence-electron chi connectivity index (χ0n) is 11.3. The fourth-order valence-corrected chi connectivity index (χ4v) is 2.70. The maximum absolute atomic E-state index is 6.02. The predicted octanol–water partition coefficient (Wildman–Crippen LogP) is 2.31. The molecule has 3 rings (SSSR count). The van der Waals surface area contributed by atoms with Crippen LogP contribution in [-0.2, 0) is 0 Å². The van der Waals surface area contributed by atoms with Crippen molar-refractivity contribution in [2.45, 2.75) is 25.8 Å². The SMILES string of the molecule is Cc1ccccc1-c1cc(N2CCCC(N)C2)n[nH]1. The van der Waals surface area contributed by atoms with Crippen LogP contribution >= 0.6 is 0 Å². The number of aromatic nitrogens is 2. The normalized spacial score (nSPS) is 19.7. The molecule has 0 radical (unpaired) electrons. The smallest absolute Gasteiger partial charge is 0.151 e. The van der Waals surface area contributed by atoms with Gasteiger partial charge in [0.1, 0.15) is 0 Å². The first-order valence-electron chi connectivity index (χ1n) is 6.86. The van der Waals surface area contributed by atoms with Crippen LogP contribution in [0.15, 0.2) is 30.3 Å². The van der Waals surface area contributed by atoms with E-state index in [4.69, 9.17) is 5.73 Å². The first-order chi connectivity index (χ1) is 9.24. The minimum atomic E-state index is 0.271. The van der Waals surface area contributed by atoms with Crippen LogP contribution in [0.1, 0.15) is 18.4 Å². The molecule has 0 bridgehead atoms. The van der Waals surface area contributed by atoms with Gasteiger partial charge in [-0.3, -0.25) is 5.10 Å². The lowest BCUT2D eigenvalue weighted by molar-refractivity contribution is 0.503. The molecule has 1 aromatic heterocycles. The minimum absolute atomic E-state index is 0.271. The largest absolute Gasteiger partial charge is 0.354 e.